The highest BCUT2D eigenvalue weighted by Gasteiger charge is 2.17. The molecule has 0 atom stereocenters. The summed E-state index contributed by atoms with van der Waals surface area (Å²) in [6.45, 7) is 6.87. The second-order valence-corrected chi connectivity index (χ2v) is 5.86. The number of anilines is 1. The first-order chi connectivity index (χ1) is 11.5. The van der Waals surface area contributed by atoms with Gasteiger partial charge in [0.25, 0.3) is 0 Å². The average Bonchev–Trinajstić information content (AvgIpc) is 2.55. The number of nitrogens with one attached hydrogen (secondary N) is 1. The van der Waals surface area contributed by atoms with Gasteiger partial charge in [-0.2, -0.15) is 0 Å². The Kier molecular flexibility index (Phi) is 6.13. The summed E-state index contributed by atoms with van der Waals surface area (Å²) >= 11 is 0. The number of rotatable bonds is 6. The number of aryl methyl sites for hydroxylation is 2. The van der Waals surface area contributed by atoms with Crippen LogP contribution in [0.3, 0.4) is 0 Å². The van der Waals surface area contributed by atoms with Crippen molar-refractivity contribution in [2.75, 3.05) is 11.4 Å². The molecule has 0 spiro atoms. The van der Waals surface area contributed by atoms with Gasteiger partial charge in [0.15, 0.2) is 0 Å². The van der Waals surface area contributed by atoms with Crippen LogP contribution in [-0.4, -0.2) is 18.4 Å². The van der Waals surface area contributed by atoms with Gasteiger partial charge in [-0.1, -0.05) is 36.4 Å². The van der Waals surface area contributed by atoms with Crippen LogP contribution in [0.25, 0.3) is 0 Å². The minimum atomic E-state index is -0.255. The SMILES string of the molecule is CCN(C(=O)CC(=O)NCc1ccccc1C)c1cccc(C)c1. The molecule has 24 heavy (non-hydrogen) atoms. The Morgan fingerprint density at radius 1 is 1.04 bits per heavy atom. The molecule has 0 bridgehead atoms. The quantitative estimate of drug-likeness (QED) is 0.828. The molecule has 2 rings (SSSR count). The first-order valence-corrected chi connectivity index (χ1v) is 8.19. The molecule has 0 aliphatic heterocycles. The molecule has 0 unspecified atom stereocenters. The van der Waals surface area contributed by atoms with Crippen molar-refractivity contribution in [2.24, 2.45) is 0 Å². The number of carbonyl (C=O) groups excluding carboxylic acids is 2. The smallest absolute Gasteiger partial charge is 0.236 e. The summed E-state index contributed by atoms with van der Waals surface area (Å²) < 4.78 is 0. The maximum absolute atomic E-state index is 12.4. The van der Waals surface area contributed by atoms with Gasteiger partial charge in [-0.05, 0) is 49.6 Å². The van der Waals surface area contributed by atoms with Gasteiger partial charge in [0.1, 0.15) is 6.42 Å². The predicted molar refractivity (Wildman–Crippen MR) is 96.8 cm³/mol. The zero-order chi connectivity index (χ0) is 17.5. The van der Waals surface area contributed by atoms with Crippen LogP contribution in [0.1, 0.15) is 30.0 Å². The zero-order valence-electron chi connectivity index (χ0n) is 14.5. The number of nitrogens with zero attached hydrogens (tertiary/aromatic N) is 1. The van der Waals surface area contributed by atoms with Crippen LogP contribution in [0, 0.1) is 13.8 Å². The van der Waals surface area contributed by atoms with E-state index in [1.807, 2.05) is 69.3 Å². The Bertz CT molecular complexity index is 725. The molecule has 1 N–H and O–H groups in total. The minimum absolute atomic E-state index is 0.145. The fourth-order valence-corrected chi connectivity index (χ4v) is 2.60. The summed E-state index contributed by atoms with van der Waals surface area (Å²) in [5.74, 6) is -0.445. The molecule has 0 fully saturated rings. The summed E-state index contributed by atoms with van der Waals surface area (Å²) in [7, 11) is 0. The number of hydrogen-bond acceptors (Lipinski definition) is 2. The van der Waals surface area contributed by atoms with E-state index in [-0.39, 0.29) is 18.2 Å². The first-order valence-electron chi connectivity index (χ1n) is 8.19. The van der Waals surface area contributed by atoms with E-state index in [2.05, 4.69) is 5.32 Å². The van der Waals surface area contributed by atoms with Gasteiger partial charge < -0.3 is 10.2 Å². The van der Waals surface area contributed by atoms with E-state index in [1.165, 1.54) is 0 Å². The molecule has 0 aliphatic rings. The van der Waals surface area contributed by atoms with Gasteiger partial charge in [-0.25, -0.2) is 0 Å². The minimum Gasteiger partial charge on any atom is -0.352 e. The van der Waals surface area contributed by atoms with Crippen LogP contribution in [0.2, 0.25) is 0 Å². The largest absolute Gasteiger partial charge is 0.352 e. The monoisotopic (exact) mass is 324 g/mol. The Hall–Kier alpha value is -2.62. The van der Waals surface area contributed by atoms with Gasteiger partial charge in [-0.3, -0.25) is 9.59 Å². The van der Waals surface area contributed by atoms with E-state index in [0.29, 0.717) is 13.1 Å². The van der Waals surface area contributed by atoms with Crippen LogP contribution in [0.15, 0.2) is 48.5 Å². The molecule has 0 aromatic heterocycles. The summed E-state index contributed by atoms with van der Waals surface area (Å²) in [6.07, 6.45) is -0.145. The third kappa shape index (κ3) is 4.69. The fourth-order valence-electron chi connectivity index (χ4n) is 2.60. The zero-order valence-corrected chi connectivity index (χ0v) is 14.5. The third-order valence-electron chi connectivity index (χ3n) is 3.98. The molecule has 0 saturated heterocycles. The second kappa shape index (κ2) is 8.29. The van der Waals surface area contributed by atoms with Gasteiger partial charge in [-0.15, -0.1) is 0 Å². The van der Waals surface area contributed by atoms with Crippen molar-refractivity contribution in [3.8, 4) is 0 Å². The molecule has 2 aromatic carbocycles. The third-order valence-corrected chi connectivity index (χ3v) is 3.98. The lowest BCUT2D eigenvalue weighted by Crippen LogP contribution is -2.35. The maximum atomic E-state index is 12.4. The van der Waals surface area contributed by atoms with Crippen LogP contribution in [0.4, 0.5) is 5.69 Å². The van der Waals surface area contributed by atoms with Crippen LogP contribution >= 0.6 is 0 Å². The molecule has 126 valence electrons. The first kappa shape index (κ1) is 17.7. The molecule has 0 aliphatic carbocycles. The molecular formula is C20H24N2O2. The Labute approximate surface area is 143 Å². The molecule has 2 aromatic rings. The van der Waals surface area contributed by atoms with Crippen molar-refractivity contribution < 1.29 is 9.59 Å². The lowest BCUT2D eigenvalue weighted by molar-refractivity contribution is -0.128. The van der Waals surface area contributed by atoms with Gasteiger partial charge in [0.05, 0.1) is 0 Å². The average molecular weight is 324 g/mol. The molecule has 4 heteroatoms. The van der Waals surface area contributed by atoms with Crippen molar-refractivity contribution in [3.05, 3.63) is 65.2 Å². The van der Waals surface area contributed by atoms with Crippen molar-refractivity contribution >= 4 is 17.5 Å². The molecule has 0 radical (unpaired) electrons. The molecule has 4 nitrogen and oxygen atoms in total. The van der Waals surface area contributed by atoms with Crippen LogP contribution in [-0.2, 0) is 16.1 Å². The standard InChI is InChI=1S/C20H24N2O2/c1-4-22(18-11-7-8-15(2)12-18)20(24)13-19(23)21-14-17-10-6-5-9-16(17)3/h5-12H,4,13-14H2,1-3H3,(H,21,23). The summed E-state index contributed by atoms with van der Waals surface area (Å²) in [4.78, 5) is 26.2. The number of benzene rings is 2. The molecule has 0 saturated carbocycles. The highest BCUT2D eigenvalue weighted by molar-refractivity contribution is 6.04. The van der Waals surface area contributed by atoms with E-state index in [0.717, 1.165) is 22.4 Å². The highest BCUT2D eigenvalue weighted by atomic mass is 16.2. The lowest BCUT2D eigenvalue weighted by atomic mass is 10.1. The normalized spacial score (nSPS) is 10.3. The highest BCUT2D eigenvalue weighted by Crippen LogP contribution is 2.16. The lowest BCUT2D eigenvalue weighted by Gasteiger charge is -2.21. The molecular weight excluding hydrogens is 300 g/mol. The summed E-state index contributed by atoms with van der Waals surface area (Å²) in [5.41, 5.74) is 4.10. The van der Waals surface area contributed by atoms with E-state index in [1.54, 1.807) is 4.90 Å². The Morgan fingerprint density at radius 2 is 1.79 bits per heavy atom. The van der Waals surface area contributed by atoms with Crippen molar-refractivity contribution in [3.63, 3.8) is 0 Å². The molecule has 2 amide bonds. The molecule has 0 heterocycles. The topological polar surface area (TPSA) is 49.4 Å². The van der Waals surface area contributed by atoms with Crippen molar-refractivity contribution in [2.45, 2.75) is 33.7 Å². The van der Waals surface area contributed by atoms with E-state index in [4.69, 9.17) is 0 Å². The van der Waals surface area contributed by atoms with Gasteiger partial charge in [0, 0.05) is 18.8 Å². The summed E-state index contributed by atoms with van der Waals surface area (Å²) in [5, 5.41) is 2.83. The van der Waals surface area contributed by atoms with Crippen LogP contribution in [0.5, 0.6) is 0 Å². The Balaban J connectivity index is 1.95. The number of amides is 2. The number of carbonyl (C=O) groups is 2. The van der Waals surface area contributed by atoms with E-state index >= 15 is 0 Å². The Morgan fingerprint density at radius 3 is 2.46 bits per heavy atom. The van der Waals surface area contributed by atoms with Crippen molar-refractivity contribution in [1.82, 2.24) is 5.32 Å². The van der Waals surface area contributed by atoms with E-state index in [9.17, 15) is 9.59 Å². The van der Waals surface area contributed by atoms with Crippen molar-refractivity contribution in [1.29, 1.82) is 0 Å². The maximum Gasteiger partial charge on any atom is 0.236 e. The number of hydrogen-bond donors (Lipinski definition) is 1. The van der Waals surface area contributed by atoms with Gasteiger partial charge >= 0.3 is 0 Å². The van der Waals surface area contributed by atoms with Gasteiger partial charge in [0.2, 0.25) is 11.8 Å². The second-order valence-electron chi connectivity index (χ2n) is 5.86. The van der Waals surface area contributed by atoms with Crippen LogP contribution < -0.4 is 10.2 Å². The van der Waals surface area contributed by atoms with E-state index < -0.39 is 0 Å². The predicted octanol–water partition coefficient (Wildman–Crippen LogP) is 3.36. The fraction of sp³-hybridized carbons (Fsp3) is 0.300. The summed E-state index contributed by atoms with van der Waals surface area (Å²) in [6, 6.07) is 15.6.